The number of anilines is 1. The summed E-state index contributed by atoms with van der Waals surface area (Å²) in [5.41, 5.74) is 1.95. The van der Waals surface area contributed by atoms with Crippen LogP contribution in [0.2, 0.25) is 0 Å². The molecule has 3 N–H and O–H groups in total. The Morgan fingerprint density at radius 3 is 2.94 bits per heavy atom. The lowest BCUT2D eigenvalue weighted by Gasteiger charge is -2.22. The fourth-order valence-electron chi connectivity index (χ4n) is 1.57. The Morgan fingerprint density at radius 1 is 1.44 bits per heavy atom. The number of hydrogen-bond donors (Lipinski definition) is 3. The number of carboxylic acid groups (broad SMARTS) is 1. The van der Waals surface area contributed by atoms with E-state index >= 15 is 0 Å². The Kier molecular flexibility index (Phi) is 2.87. The molecule has 1 unspecified atom stereocenters. The van der Waals surface area contributed by atoms with Crippen LogP contribution in [0.3, 0.4) is 0 Å². The third-order valence-electron chi connectivity index (χ3n) is 2.37. The molecular weight excluding hydrogens is 208 g/mol. The lowest BCUT2D eigenvalue weighted by atomic mass is 10.1. The van der Waals surface area contributed by atoms with E-state index in [-0.39, 0.29) is 12.8 Å². The molecule has 0 amide bonds. The van der Waals surface area contributed by atoms with Gasteiger partial charge in [-0.15, -0.1) is 0 Å². The number of aliphatic carboxylic acids is 1. The van der Waals surface area contributed by atoms with Crippen molar-refractivity contribution in [3.05, 3.63) is 24.3 Å². The van der Waals surface area contributed by atoms with Crippen molar-refractivity contribution < 1.29 is 15.0 Å². The zero-order valence-corrected chi connectivity index (χ0v) is 8.55. The van der Waals surface area contributed by atoms with Crippen LogP contribution in [0.15, 0.2) is 29.3 Å². The van der Waals surface area contributed by atoms with Gasteiger partial charge in [0.25, 0.3) is 0 Å². The fourth-order valence-corrected chi connectivity index (χ4v) is 1.57. The highest BCUT2D eigenvalue weighted by Gasteiger charge is 2.19. The van der Waals surface area contributed by atoms with Gasteiger partial charge in [0.15, 0.2) is 6.23 Å². The van der Waals surface area contributed by atoms with E-state index in [0.29, 0.717) is 5.71 Å². The number of para-hydroxylation sites is 2. The van der Waals surface area contributed by atoms with Crippen LogP contribution in [-0.2, 0) is 4.79 Å². The first kappa shape index (κ1) is 10.6. The van der Waals surface area contributed by atoms with E-state index in [1.54, 1.807) is 0 Å². The molecular formula is C11H12N2O3. The van der Waals surface area contributed by atoms with Gasteiger partial charge in [-0.25, -0.2) is 0 Å². The summed E-state index contributed by atoms with van der Waals surface area (Å²) in [4.78, 5) is 14.7. The monoisotopic (exact) mass is 220 g/mol. The highest BCUT2D eigenvalue weighted by molar-refractivity contribution is 5.98. The Bertz CT molecular complexity index is 443. The second-order valence-corrected chi connectivity index (χ2v) is 3.56. The van der Waals surface area contributed by atoms with Crippen molar-refractivity contribution in [3.63, 3.8) is 0 Å². The zero-order chi connectivity index (χ0) is 11.5. The molecule has 0 radical (unpaired) electrons. The summed E-state index contributed by atoms with van der Waals surface area (Å²) in [6, 6.07) is 7.32. The van der Waals surface area contributed by atoms with Crippen LogP contribution in [0.1, 0.15) is 12.8 Å². The maximum Gasteiger partial charge on any atom is 0.303 e. The van der Waals surface area contributed by atoms with Crippen LogP contribution in [0.25, 0.3) is 0 Å². The molecule has 1 aromatic rings. The average Bonchev–Trinajstić information content (AvgIpc) is 2.26. The molecule has 0 saturated heterocycles. The first-order chi connectivity index (χ1) is 7.66. The van der Waals surface area contributed by atoms with E-state index < -0.39 is 12.2 Å². The van der Waals surface area contributed by atoms with E-state index in [0.717, 1.165) is 11.4 Å². The number of nitrogens with one attached hydrogen (secondary N) is 1. The van der Waals surface area contributed by atoms with E-state index in [9.17, 15) is 9.90 Å². The minimum absolute atomic E-state index is 0.0280. The molecule has 1 aliphatic rings. The van der Waals surface area contributed by atoms with Crippen molar-refractivity contribution >= 4 is 23.1 Å². The molecule has 2 rings (SSSR count). The molecule has 1 aromatic carbocycles. The van der Waals surface area contributed by atoms with Gasteiger partial charge in [0, 0.05) is 6.42 Å². The number of nitrogens with zero attached hydrogens (tertiary/aromatic N) is 1. The summed E-state index contributed by atoms with van der Waals surface area (Å²) in [5.74, 6) is -0.895. The van der Waals surface area contributed by atoms with E-state index in [1.807, 2.05) is 24.3 Å². The average molecular weight is 220 g/mol. The van der Waals surface area contributed by atoms with E-state index in [2.05, 4.69) is 10.3 Å². The van der Waals surface area contributed by atoms with Crippen molar-refractivity contribution in [2.24, 2.45) is 4.99 Å². The first-order valence-corrected chi connectivity index (χ1v) is 4.99. The first-order valence-electron chi connectivity index (χ1n) is 4.99. The predicted octanol–water partition coefficient (Wildman–Crippen LogP) is 1.37. The highest BCUT2D eigenvalue weighted by atomic mass is 16.4. The molecule has 0 saturated carbocycles. The lowest BCUT2D eigenvalue weighted by Crippen LogP contribution is -2.31. The Balaban J connectivity index is 2.20. The van der Waals surface area contributed by atoms with Gasteiger partial charge >= 0.3 is 5.97 Å². The van der Waals surface area contributed by atoms with Crippen LogP contribution in [-0.4, -0.2) is 28.1 Å². The number of aliphatic hydroxyl groups excluding tert-OH is 1. The fraction of sp³-hybridized carbons (Fsp3) is 0.273. The second-order valence-electron chi connectivity index (χ2n) is 3.56. The Morgan fingerprint density at radius 2 is 2.19 bits per heavy atom. The third-order valence-corrected chi connectivity index (χ3v) is 2.37. The summed E-state index contributed by atoms with van der Waals surface area (Å²) in [6.45, 7) is 0. The Labute approximate surface area is 92.4 Å². The van der Waals surface area contributed by atoms with Gasteiger partial charge in [-0.2, -0.15) is 0 Å². The zero-order valence-electron chi connectivity index (χ0n) is 8.55. The SMILES string of the molecule is O=C(O)CCC1=Nc2ccccc2NC1O. The van der Waals surface area contributed by atoms with Gasteiger partial charge in [-0.1, -0.05) is 12.1 Å². The van der Waals surface area contributed by atoms with Crippen LogP contribution in [0.4, 0.5) is 11.4 Å². The standard InChI is InChI=1S/C11H12N2O3/c14-10(15)6-5-9-11(16)13-8-4-2-1-3-7(8)12-9/h1-4,11,13,16H,5-6H2,(H,14,15). The van der Waals surface area contributed by atoms with Gasteiger partial charge in [0.1, 0.15) is 0 Å². The minimum Gasteiger partial charge on any atom is -0.481 e. The molecule has 0 aliphatic carbocycles. The number of fused-ring (bicyclic) bond motifs is 1. The predicted molar refractivity (Wildman–Crippen MR) is 60.0 cm³/mol. The molecule has 1 heterocycles. The number of carboxylic acids is 1. The molecule has 0 bridgehead atoms. The summed E-state index contributed by atoms with van der Waals surface area (Å²) < 4.78 is 0. The largest absolute Gasteiger partial charge is 0.481 e. The number of hydrogen-bond acceptors (Lipinski definition) is 4. The van der Waals surface area contributed by atoms with Crippen molar-refractivity contribution in [2.75, 3.05) is 5.32 Å². The normalized spacial score (nSPS) is 18.3. The highest BCUT2D eigenvalue weighted by Crippen LogP contribution is 2.29. The molecule has 1 atom stereocenters. The molecule has 1 aliphatic heterocycles. The van der Waals surface area contributed by atoms with Crippen molar-refractivity contribution in [3.8, 4) is 0 Å². The third kappa shape index (κ3) is 2.20. The second kappa shape index (κ2) is 4.32. The number of benzene rings is 1. The summed E-state index contributed by atoms with van der Waals surface area (Å²) >= 11 is 0. The maximum absolute atomic E-state index is 10.4. The maximum atomic E-state index is 10.4. The molecule has 84 valence electrons. The molecule has 0 aromatic heterocycles. The van der Waals surface area contributed by atoms with Crippen LogP contribution < -0.4 is 5.32 Å². The van der Waals surface area contributed by atoms with Gasteiger partial charge in [-0.05, 0) is 12.1 Å². The Hall–Kier alpha value is -1.88. The number of aliphatic hydroxyl groups is 1. The van der Waals surface area contributed by atoms with Gasteiger partial charge < -0.3 is 15.5 Å². The van der Waals surface area contributed by atoms with Crippen molar-refractivity contribution in [1.82, 2.24) is 0 Å². The minimum atomic E-state index is -0.895. The van der Waals surface area contributed by atoms with Gasteiger partial charge in [0.05, 0.1) is 23.5 Å². The van der Waals surface area contributed by atoms with E-state index in [1.165, 1.54) is 0 Å². The lowest BCUT2D eigenvalue weighted by molar-refractivity contribution is -0.136. The van der Waals surface area contributed by atoms with E-state index in [4.69, 9.17) is 5.11 Å². The summed E-state index contributed by atoms with van der Waals surface area (Å²) in [5, 5.41) is 21.1. The van der Waals surface area contributed by atoms with Gasteiger partial charge in [0.2, 0.25) is 0 Å². The van der Waals surface area contributed by atoms with Crippen molar-refractivity contribution in [2.45, 2.75) is 19.1 Å². The van der Waals surface area contributed by atoms with Crippen LogP contribution >= 0.6 is 0 Å². The van der Waals surface area contributed by atoms with Crippen LogP contribution in [0.5, 0.6) is 0 Å². The molecule has 16 heavy (non-hydrogen) atoms. The van der Waals surface area contributed by atoms with Crippen LogP contribution in [0, 0.1) is 0 Å². The molecule has 0 fully saturated rings. The topological polar surface area (TPSA) is 81.9 Å². The molecule has 0 spiro atoms. The number of rotatable bonds is 3. The quantitative estimate of drug-likeness (QED) is 0.718. The molecule has 5 heteroatoms. The summed E-state index contributed by atoms with van der Waals surface area (Å²) in [7, 11) is 0. The van der Waals surface area contributed by atoms with Gasteiger partial charge in [-0.3, -0.25) is 9.79 Å². The number of carbonyl (C=O) groups is 1. The molecule has 5 nitrogen and oxygen atoms in total. The number of aliphatic imine (C=N–C) groups is 1. The van der Waals surface area contributed by atoms with Crippen molar-refractivity contribution in [1.29, 1.82) is 0 Å². The smallest absolute Gasteiger partial charge is 0.303 e. The summed E-state index contributed by atoms with van der Waals surface area (Å²) in [6.07, 6.45) is -0.674.